The molecule has 15 heavy (non-hydrogen) atoms. The Labute approximate surface area is 90.3 Å². The molecule has 0 amide bonds. The number of carbonyl (C=O) groups is 1. The van der Waals surface area contributed by atoms with Crippen molar-refractivity contribution in [1.29, 1.82) is 0 Å². The van der Waals surface area contributed by atoms with E-state index in [4.69, 9.17) is 9.94 Å². The summed E-state index contributed by atoms with van der Waals surface area (Å²) in [5.74, 6) is -0.629. The molecule has 1 fully saturated rings. The highest BCUT2D eigenvalue weighted by molar-refractivity contribution is 5.84. The highest BCUT2D eigenvalue weighted by atomic mass is 16.6. The van der Waals surface area contributed by atoms with Crippen molar-refractivity contribution in [3.63, 3.8) is 0 Å². The lowest BCUT2D eigenvalue weighted by Crippen LogP contribution is -2.03. The topological polar surface area (TPSA) is 58.9 Å². The van der Waals surface area contributed by atoms with Crippen molar-refractivity contribution in [2.75, 3.05) is 6.61 Å². The monoisotopic (exact) mass is 213 g/mol. The van der Waals surface area contributed by atoms with Crippen LogP contribution in [-0.4, -0.2) is 23.9 Å². The van der Waals surface area contributed by atoms with E-state index in [0.29, 0.717) is 12.5 Å². The van der Waals surface area contributed by atoms with E-state index in [0.717, 1.165) is 0 Å². The minimum Gasteiger partial charge on any atom is -0.481 e. The first-order chi connectivity index (χ1) is 6.87. The highest BCUT2D eigenvalue weighted by Crippen LogP contribution is 2.57. The van der Waals surface area contributed by atoms with Crippen molar-refractivity contribution in [1.82, 2.24) is 0 Å². The second-order valence-electron chi connectivity index (χ2n) is 5.11. The van der Waals surface area contributed by atoms with Gasteiger partial charge in [-0.05, 0) is 11.3 Å². The summed E-state index contributed by atoms with van der Waals surface area (Å²) in [5, 5.41) is 12.7. The molecule has 0 aromatic carbocycles. The molecule has 1 N–H and O–H groups in total. The molecule has 0 radical (unpaired) electrons. The van der Waals surface area contributed by atoms with Gasteiger partial charge in [0.25, 0.3) is 0 Å². The number of hydrogen-bond donors (Lipinski definition) is 1. The van der Waals surface area contributed by atoms with Crippen LogP contribution in [0.5, 0.6) is 0 Å². The molecule has 0 aliphatic heterocycles. The Kier molecular flexibility index (Phi) is 3.37. The first-order valence-corrected chi connectivity index (χ1v) is 5.25. The molecular weight excluding hydrogens is 194 g/mol. The van der Waals surface area contributed by atoms with Gasteiger partial charge in [-0.15, -0.1) is 0 Å². The molecule has 0 aromatic rings. The number of rotatable bonds is 5. The number of carboxylic acids is 1. The fraction of sp³-hybridized carbons (Fsp3) is 0.818. The third kappa shape index (κ3) is 2.70. The van der Waals surface area contributed by atoms with Crippen molar-refractivity contribution in [3.8, 4) is 0 Å². The van der Waals surface area contributed by atoms with Gasteiger partial charge in [0.05, 0.1) is 5.92 Å². The van der Waals surface area contributed by atoms with Crippen LogP contribution in [-0.2, 0) is 9.63 Å². The Hall–Kier alpha value is -1.06. The van der Waals surface area contributed by atoms with E-state index in [-0.39, 0.29) is 17.3 Å². The van der Waals surface area contributed by atoms with E-state index in [1.807, 2.05) is 27.7 Å². The van der Waals surface area contributed by atoms with E-state index in [9.17, 15) is 4.79 Å². The normalized spacial score (nSPS) is 28.3. The van der Waals surface area contributed by atoms with E-state index in [1.54, 1.807) is 6.21 Å². The molecule has 1 aliphatic rings. The van der Waals surface area contributed by atoms with Crippen LogP contribution in [0.15, 0.2) is 5.16 Å². The lowest BCUT2D eigenvalue weighted by Gasteiger charge is -2.01. The summed E-state index contributed by atoms with van der Waals surface area (Å²) in [6.07, 6.45) is 1.63. The molecule has 1 aliphatic carbocycles. The van der Waals surface area contributed by atoms with Crippen LogP contribution in [0.4, 0.5) is 0 Å². The smallest absolute Gasteiger partial charge is 0.307 e. The van der Waals surface area contributed by atoms with Gasteiger partial charge >= 0.3 is 5.97 Å². The summed E-state index contributed by atoms with van der Waals surface area (Å²) >= 11 is 0. The molecular formula is C11H19NO3. The predicted octanol–water partition coefficient (Wildman–Crippen LogP) is 2.00. The summed E-state index contributed by atoms with van der Waals surface area (Å²) < 4.78 is 0. The van der Waals surface area contributed by atoms with Crippen LogP contribution in [0.1, 0.15) is 27.7 Å². The van der Waals surface area contributed by atoms with E-state index >= 15 is 0 Å². The van der Waals surface area contributed by atoms with E-state index in [1.165, 1.54) is 0 Å². The second-order valence-corrected chi connectivity index (χ2v) is 5.11. The molecule has 86 valence electrons. The van der Waals surface area contributed by atoms with E-state index < -0.39 is 5.97 Å². The van der Waals surface area contributed by atoms with Gasteiger partial charge in [-0.25, -0.2) is 0 Å². The maximum Gasteiger partial charge on any atom is 0.307 e. The number of hydrogen-bond acceptors (Lipinski definition) is 3. The van der Waals surface area contributed by atoms with Gasteiger partial charge in [0.15, 0.2) is 0 Å². The number of aliphatic carboxylic acids is 1. The van der Waals surface area contributed by atoms with Crippen LogP contribution >= 0.6 is 0 Å². The van der Waals surface area contributed by atoms with Gasteiger partial charge < -0.3 is 9.94 Å². The molecule has 0 spiro atoms. The largest absolute Gasteiger partial charge is 0.481 e. The zero-order valence-electron chi connectivity index (χ0n) is 9.73. The van der Waals surface area contributed by atoms with Crippen molar-refractivity contribution < 1.29 is 14.7 Å². The first-order valence-electron chi connectivity index (χ1n) is 5.25. The Morgan fingerprint density at radius 1 is 1.60 bits per heavy atom. The zero-order chi connectivity index (χ0) is 11.6. The van der Waals surface area contributed by atoms with Gasteiger partial charge in [0.2, 0.25) is 0 Å². The van der Waals surface area contributed by atoms with Gasteiger partial charge in [-0.3, -0.25) is 4.79 Å². The minimum atomic E-state index is -0.750. The Bertz CT molecular complexity index is 271. The van der Waals surface area contributed by atoms with Crippen LogP contribution in [0.3, 0.4) is 0 Å². The van der Waals surface area contributed by atoms with E-state index in [2.05, 4.69) is 5.16 Å². The highest BCUT2D eigenvalue weighted by Gasteiger charge is 2.61. The summed E-state index contributed by atoms with van der Waals surface area (Å²) in [4.78, 5) is 15.9. The van der Waals surface area contributed by atoms with Crippen LogP contribution < -0.4 is 0 Å². The maximum absolute atomic E-state index is 10.8. The standard InChI is InChI=1S/C11H19NO3/c1-7(2)6-15-12-5-8-9(10(13)14)11(8,3)4/h5,7-9H,6H2,1-4H3,(H,13,14)/t8?,9-/m0/s1. The molecule has 0 bridgehead atoms. The molecule has 0 aromatic heterocycles. The van der Waals surface area contributed by atoms with Crippen molar-refractivity contribution in [3.05, 3.63) is 0 Å². The third-order valence-electron chi connectivity index (χ3n) is 2.88. The predicted molar refractivity (Wildman–Crippen MR) is 57.7 cm³/mol. The maximum atomic E-state index is 10.8. The number of nitrogens with zero attached hydrogens (tertiary/aromatic N) is 1. The lowest BCUT2D eigenvalue weighted by atomic mass is 10.1. The fourth-order valence-electron chi connectivity index (χ4n) is 1.73. The van der Waals surface area contributed by atoms with Crippen LogP contribution in [0, 0.1) is 23.2 Å². The molecule has 4 heteroatoms. The Balaban J connectivity index is 2.38. The summed E-state index contributed by atoms with van der Waals surface area (Å²) in [7, 11) is 0. The summed E-state index contributed by atoms with van der Waals surface area (Å²) in [6, 6.07) is 0. The summed E-state index contributed by atoms with van der Waals surface area (Å²) in [6.45, 7) is 8.52. The quantitative estimate of drug-likeness (QED) is 0.561. The average Bonchev–Trinajstić information content (AvgIpc) is 2.62. The fourth-order valence-corrected chi connectivity index (χ4v) is 1.73. The van der Waals surface area contributed by atoms with Gasteiger partial charge in [-0.2, -0.15) is 0 Å². The Morgan fingerprint density at radius 3 is 2.60 bits per heavy atom. The molecule has 2 atom stereocenters. The second kappa shape index (κ2) is 4.21. The Morgan fingerprint density at radius 2 is 2.20 bits per heavy atom. The molecule has 1 saturated carbocycles. The molecule has 1 unspecified atom stereocenters. The van der Waals surface area contributed by atoms with Crippen molar-refractivity contribution >= 4 is 12.2 Å². The third-order valence-corrected chi connectivity index (χ3v) is 2.88. The first kappa shape index (κ1) is 12.0. The zero-order valence-corrected chi connectivity index (χ0v) is 9.73. The van der Waals surface area contributed by atoms with Gasteiger partial charge in [0.1, 0.15) is 6.61 Å². The van der Waals surface area contributed by atoms with Crippen molar-refractivity contribution in [2.45, 2.75) is 27.7 Å². The molecule has 1 rings (SSSR count). The van der Waals surface area contributed by atoms with Gasteiger partial charge in [0, 0.05) is 12.1 Å². The average molecular weight is 213 g/mol. The minimum absolute atomic E-state index is 0.00200. The lowest BCUT2D eigenvalue weighted by molar-refractivity contribution is -0.139. The molecule has 0 saturated heterocycles. The SMILES string of the molecule is CC(C)CON=CC1[C@@H](C(=O)O)C1(C)C. The number of oxime groups is 1. The number of carboxylic acid groups (broad SMARTS) is 1. The van der Waals surface area contributed by atoms with Crippen molar-refractivity contribution in [2.24, 2.45) is 28.3 Å². The summed E-state index contributed by atoms with van der Waals surface area (Å²) in [5.41, 5.74) is -0.184. The van der Waals surface area contributed by atoms with Crippen LogP contribution in [0.25, 0.3) is 0 Å². The molecule has 0 heterocycles. The van der Waals surface area contributed by atoms with Crippen LogP contribution in [0.2, 0.25) is 0 Å². The molecule has 4 nitrogen and oxygen atoms in total. The van der Waals surface area contributed by atoms with Gasteiger partial charge in [-0.1, -0.05) is 32.9 Å².